The molecule has 0 aliphatic carbocycles. The predicted molar refractivity (Wildman–Crippen MR) is 77.6 cm³/mol. The summed E-state index contributed by atoms with van der Waals surface area (Å²) in [6.07, 6.45) is 0.886. The van der Waals surface area contributed by atoms with Crippen molar-refractivity contribution in [3.63, 3.8) is 0 Å². The number of hydrogen-bond donors (Lipinski definition) is 2. The van der Waals surface area contributed by atoms with Crippen LogP contribution >= 0.6 is 15.9 Å². The molecule has 4 heteroatoms. The number of hydrogen-bond acceptors (Lipinski definition) is 2. The Balaban J connectivity index is 2.37. The van der Waals surface area contributed by atoms with Gasteiger partial charge in [0.25, 0.3) is 0 Å². The van der Waals surface area contributed by atoms with Crippen molar-refractivity contribution in [2.24, 2.45) is 0 Å². The molecule has 0 spiro atoms. The Bertz CT molecular complexity index is 570. The van der Waals surface area contributed by atoms with Gasteiger partial charge in [-0.05, 0) is 42.3 Å². The highest BCUT2D eigenvalue weighted by atomic mass is 79.9. The van der Waals surface area contributed by atoms with Crippen LogP contribution in [0, 0.1) is 5.82 Å². The third kappa shape index (κ3) is 2.64. The summed E-state index contributed by atoms with van der Waals surface area (Å²) in [5.41, 5.74) is 8.53. The van der Waals surface area contributed by atoms with Crippen LogP contribution in [0.1, 0.15) is 12.5 Å². The van der Waals surface area contributed by atoms with E-state index in [9.17, 15) is 4.39 Å². The van der Waals surface area contributed by atoms with Crippen LogP contribution in [0.25, 0.3) is 0 Å². The van der Waals surface area contributed by atoms with Crippen molar-refractivity contribution < 1.29 is 4.39 Å². The molecule has 2 aromatic carbocycles. The summed E-state index contributed by atoms with van der Waals surface area (Å²) in [4.78, 5) is 0. The monoisotopic (exact) mass is 308 g/mol. The van der Waals surface area contributed by atoms with Crippen LogP contribution in [0.4, 0.5) is 21.5 Å². The molecular formula is C14H14BrFN2. The number of para-hydroxylation sites is 1. The van der Waals surface area contributed by atoms with Crippen LogP contribution in [-0.4, -0.2) is 0 Å². The number of benzene rings is 2. The third-order valence-corrected chi connectivity index (χ3v) is 3.26. The Labute approximate surface area is 114 Å². The van der Waals surface area contributed by atoms with Crippen molar-refractivity contribution in [1.29, 1.82) is 0 Å². The molecule has 0 unspecified atom stereocenters. The van der Waals surface area contributed by atoms with Gasteiger partial charge in [0.05, 0.1) is 11.4 Å². The fourth-order valence-corrected chi connectivity index (χ4v) is 2.18. The molecule has 0 bridgehead atoms. The molecule has 0 amide bonds. The number of nitrogens with one attached hydrogen (secondary N) is 1. The minimum Gasteiger partial charge on any atom is -0.395 e. The van der Waals surface area contributed by atoms with Gasteiger partial charge in [0, 0.05) is 10.2 Å². The number of rotatable bonds is 3. The average molecular weight is 309 g/mol. The number of nitrogen functional groups attached to an aromatic ring is 1. The Hall–Kier alpha value is -1.55. The molecule has 0 saturated carbocycles. The van der Waals surface area contributed by atoms with Gasteiger partial charge >= 0.3 is 0 Å². The predicted octanol–water partition coefficient (Wildman–Crippen LogP) is 4.48. The first-order valence-corrected chi connectivity index (χ1v) is 6.50. The van der Waals surface area contributed by atoms with Gasteiger partial charge < -0.3 is 11.1 Å². The van der Waals surface area contributed by atoms with Gasteiger partial charge in [0.15, 0.2) is 0 Å². The minimum atomic E-state index is -0.407. The Kier molecular flexibility index (Phi) is 3.87. The van der Waals surface area contributed by atoms with Crippen molar-refractivity contribution in [1.82, 2.24) is 0 Å². The molecule has 2 aromatic rings. The highest BCUT2D eigenvalue weighted by Crippen LogP contribution is 2.29. The first-order valence-electron chi connectivity index (χ1n) is 5.71. The molecule has 94 valence electrons. The molecule has 18 heavy (non-hydrogen) atoms. The lowest BCUT2D eigenvalue weighted by Gasteiger charge is -2.13. The van der Waals surface area contributed by atoms with Gasteiger partial charge in [-0.15, -0.1) is 0 Å². The van der Waals surface area contributed by atoms with E-state index in [4.69, 9.17) is 5.73 Å². The summed E-state index contributed by atoms with van der Waals surface area (Å²) in [6, 6.07) is 10.7. The van der Waals surface area contributed by atoms with E-state index in [1.165, 1.54) is 6.07 Å². The lowest BCUT2D eigenvalue weighted by molar-refractivity contribution is 0.633. The summed E-state index contributed by atoms with van der Waals surface area (Å²) >= 11 is 3.44. The SMILES string of the molecule is CCc1cc(Br)ccc1Nc1cccc(F)c1N. The molecule has 3 N–H and O–H groups in total. The van der Waals surface area contributed by atoms with Gasteiger partial charge in [-0.25, -0.2) is 4.39 Å². The van der Waals surface area contributed by atoms with E-state index in [0.29, 0.717) is 5.69 Å². The van der Waals surface area contributed by atoms with Crippen molar-refractivity contribution in [3.05, 3.63) is 52.3 Å². The maximum atomic E-state index is 13.4. The smallest absolute Gasteiger partial charge is 0.148 e. The lowest BCUT2D eigenvalue weighted by atomic mass is 10.1. The van der Waals surface area contributed by atoms with Crippen LogP contribution in [0.2, 0.25) is 0 Å². The highest BCUT2D eigenvalue weighted by Gasteiger charge is 2.07. The van der Waals surface area contributed by atoms with E-state index >= 15 is 0 Å². The zero-order chi connectivity index (χ0) is 13.1. The summed E-state index contributed by atoms with van der Waals surface area (Å²) < 4.78 is 14.4. The topological polar surface area (TPSA) is 38.0 Å². The van der Waals surface area contributed by atoms with Crippen molar-refractivity contribution >= 4 is 33.0 Å². The average Bonchev–Trinajstić information content (AvgIpc) is 2.37. The molecular weight excluding hydrogens is 295 g/mol. The van der Waals surface area contributed by atoms with Crippen LogP contribution in [0.3, 0.4) is 0 Å². The van der Waals surface area contributed by atoms with Gasteiger partial charge in [0.1, 0.15) is 5.82 Å². The normalized spacial score (nSPS) is 10.4. The van der Waals surface area contributed by atoms with E-state index < -0.39 is 5.82 Å². The van der Waals surface area contributed by atoms with Crippen LogP contribution in [-0.2, 0) is 6.42 Å². The summed E-state index contributed by atoms with van der Waals surface area (Å²) in [5, 5.41) is 3.17. The molecule has 0 heterocycles. The van der Waals surface area contributed by atoms with Crippen molar-refractivity contribution in [3.8, 4) is 0 Å². The number of aryl methyl sites for hydroxylation is 1. The fraction of sp³-hybridized carbons (Fsp3) is 0.143. The summed E-state index contributed by atoms with van der Waals surface area (Å²) in [6.45, 7) is 2.07. The highest BCUT2D eigenvalue weighted by molar-refractivity contribution is 9.10. The van der Waals surface area contributed by atoms with Gasteiger partial charge in [-0.1, -0.05) is 28.9 Å². The second-order valence-corrected chi connectivity index (χ2v) is 4.90. The van der Waals surface area contributed by atoms with E-state index in [1.54, 1.807) is 12.1 Å². The quantitative estimate of drug-likeness (QED) is 0.821. The van der Waals surface area contributed by atoms with E-state index in [0.717, 1.165) is 22.1 Å². The molecule has 0 saturated heterocycles. The van der Waals surface area contributed by atoms with E-state index in [-0.39, 0.29) is 5.69 Å². The van der Waals surface area contributed by atoms with Gasteiger partial charge in [-0.3, -0.25) is 0 Å². The maximum absolute atomic E-state index is 13.4. The minimum absolute atomic E-state index is 0.141. The van der Waals surface area contributed by atoms with Crippen LogP contribution in [0.5, 0.6) is 0 Å². The number of halogens is 2. The first-order chi connectivity index (χ1) is 8.61. The van der Waals surface area contributed by atoms with E-state index in [2.05, 4.69) is 28.2 Å². The molecule has 0 radical (unpaired) electrons. The second-order valence-electron chi connectivity index (χ2n) is 3.98. The number of anilines is 3. The zero-order valence-corrected chi connectivity index (χ0v) is 11.6. The molecule has 0 atom stereocenters. The molecule has 0 aliphatic heterocycles. The van der Waals surface area contributed by atoms with Gasteiger partial charge in [-0.2, -0.15) is 0 Å². The summed E-state index contributed by atoms with van der Waals surface area (Å²) in [7, 11) is 0. The Morgan fingerprint density at radius 3 is 2.72 bits per heavy atom. The third-order valence-electron chi connectivity index (χ3n) is 2.77. The Morgan fingerprint density at radius 1 is 1.22 bits per heavy atom. The van der Waals surface area contributed by atoms with Crippen molar-refractivity contribution in [2.45, 2.75) is 13.3 Å². The fourth-order valence-electron chi connectivity index (χ4n) is 1.77. The lowest BCUT2D eigenvalue weighted by Crippen LogP contribution is -2.00. The molecule has 0 fully saturated rings. The zero-order valence-electron chi connectivity index (χ0n) is 10.0. The molecule has 2 nitrogen and oxygen atoms in total. The maximum Gasteiger partial charge on any atom is 0.148 e. The Morgan fingerprint density at radius 2 is 2.00 bits per heavy atom. The van der Waals surface area contributed by atoms with Crippen molar-refractivity contribution in [2.75, 3.05) is 11.1 Å². The van der Waals surface area contributed by atoms with Crippen LogP contribution in [0.15, 0.2) is 40.9 Å². The largest absolute Gasteiger partial charge is 0.395 e. The molecule has 0 aromatic heterocycles. The van der Waals surface area contributed by atoms with Crippen LogP contribution < -0.4 is 11.1 Å². The van der Waals surface area contributed by atoms with E-state index in [1.807, 2.05) is 18.2 Å². The molecule has 0 aliphatic rings. The second kappa shape index (κ2) is 5.40. The summed E-state index contributed by atoms with van der Waals surface area (Å²) in [5.74, 6) is -0.407. The van der Waals surface area contributed by atoms with Gasteiger partial charge in [0.2, 0.25) is 0 Å². The first kappa shape index (κ1) is 12.9. The molecule has 2 rings (SSSR count). The standard InChI is InChI=1S/C14H14BrFN2/c1-2-9-8-10(15)6-7-12(9)18-13-5-3-4-11(16)14(13)17/h3-8,18H,2,17H2,1H3. The number of nitrogens with two attached hydrogens (primary N) is 1.